The maximum atomic E-state index is 11.2. The zero-order chi connectivity index (χ0) is 11.3. The van der Waals surface area contributed by atoms with Gasteiger partial charge in [-0.2, -0.15) is 0 Å². The SMILES string of the molecule is CCCC(C)(CN)CN1CCS(=O)CC1. The van der Waals surface area contributed by atoms with E-state index in [0.717, 1.165) is 37.7 Å². The molecule has 1 fully saturated rings. The van der Waals surface area contributed by atoms with E-state index in [1.165, 1.54) is 12.8 Å². The first-order valence-corrected chi connectivity index (χ1v) is 7.36. The molecule has 0 aromatic carbocycles. The molecule has 15 heavy (non-hydrogen) atoms. The van der Waals surface area contributed by atoms with Gasteiger partial charge in [0.15, 0.2) is 0 Å². The van der Waals surface area contributed by atoms with Gasteiger partial charge in [0, 0.05) is 41.9 Å². The summed E-state index contributed by atoms with van der Waals surface area (Å²) in [4.78, 5) is 2.42. The molecule has 1 atom stereocenters. The molecule has 1 rings (SSSR count). The summed E-state index contributed by atoms with van der Waals surface area (Å²) in [6.07, 6.45) is 2.37. The largest absolute Gasteiger partial charge is 0.330 e. The van der Waals surface area contributed by atoms with Crippen LogP contribution in [0.3, 0.4) is 0 Å². The highest BCUT2D eigenvalue weighted by atomic mass is 32.2. The van der Waals surface area contributed by atoms with Gasteiger partial charge in [-0.25, -0.2) is 0 Å². The fourth-order valence-electron chi connectivity index (χ4n) is 2.22. The van der Waals surface area contributed by atoms with Crippen molar-refractivity contribution in [2.24, 2.45) is 11.1 Å². The molecule has 1 saturated heterocycles. The molecule has 0 amide bonds. The van der Waals surface area contributed by atoms with Gasteiger partial charge in [0.25, 0.3) is 0 Å². The van der Waals surface area contributed by atoms with Crippen LogP contribution in [-0.2, 0) is 10.8 Å². The van der Waals surface area contributed by atoms with Crippen molar-refractivity contribution in [1.82, 2.24) is 4.90 Å². The molecule has 2 N–H and O–H groups in total. The van der Waals surface area contributed by atoms with E-state index < -0.39 is 10.8 Å². The Morgan fingerprint density at radius 3 is 2.47 bits per heavy atom. The van der Waals surface area contributed by atoms with Crippen LogP contribution in [0.1, 0.15) is 26.7 Å². The molecule has 0 spiro atoms. The molecule has 1 unspecified atom stereocenters. The fourth-order valence-corrected chi connectivity index (χ4v) is 3.35. The Hall–Kier alpha value is 0.0700. The van der Waals surface area contributed by atoms with Gasteiger partial charge in [-0.05, 0) is 18.4 Å². The molecule has 90 valence electrons. The Morgan fingerprint density at radius 1 is 1.40 bits per heavy atom. The maximum Gasteiger partial charge on any atom is 0.0363 e. The van der Waals surface area contributed by atoms with E-state index in [9.17, 15) is 4.21 Å². The summed E-state index contributed by atoms with van der Waals surface area (Å²) in [7, 11) is -0.568. The molecule has 1 heterocycles. The predicted molar refractivity (Wildman–Crippen MR) is 66.4 cm³/mol. The summed E-state index contributed by atoms with van der Waals surface area (Å²) >= 11 is 0. The summed E-state index contributed by atoms with van der Waals surface area (Å²) < 4.78 is 11.2. The van der Waals surface area contributed by atoms with Crippen molar-refractivity contribution in [3.05, 3.63) is 0 Å². The highest BCUT2D eigenvalue weighted by Crippen LogP contribution is 2.23. The van der Waals surface area contributed by atoms with Gasteiger partial charge in [-0.1, -0.05) is 20.3 Å². The summed E-state index contributed by atoms with van der Waals surface area (Å²) in [5, 5.41) is 0. The summed E-state index contributed by atoms with van der Waals surface area (Å²) in [5.41, 5.74) is 6.09. The molecule has 3 nitrogen and oxygen atoms in total. The van der Waals surface area contributed by atoms with Crippen LogP contribution in [0, 0.1) is 5.41 Å². The molecule has 0 saturated carbocycles. The van der Waals surface area contributed by atoms with Crippen LogP contribution in [0.5, 0.6) is 0 Å². The Balaban J connectivity index is 2.41. The molecule has 0 bridgehead atoms. The smallest absolute Gasteiger partial charge is 0.0363 e. The molecule has 1 aliphatic heterocycles. The number of hydrogen-bond acceptors (Lipinski definition) is 3. The van der Waals surface area contributed by atoms with E-state index in [4.69, 9.17) is 5.73 Å². The quantitative estimate of drug-likeness (QED) is 0.763. The van der Waals surface area contributed by atoms with Crippen LogP contribution >= 0.6 is 0 Å². The molecular formula is C11H24N2OS. The summed E-state index contributed by atoms with van der Waals surface area (Å²) in [5.74, 6) is 1.68. The number of nitrogens with zero attached hydrogens (tertiary/aromatic N) is 1. The first-order valence-electron chi connectivity index (χ1n) is 5.87. The second-order valence-corrected chi connectivity index (χ2v) is 6.59. The Kier molecular flexibility index (Phi) is 5.23. The Labute approximate surface area is 95.9 Å². The van der Waals surface area contributed by atoms with Crippen LogP contribution in [-0.4, -0.2) is 46.8 Å². The zero-order valence-corrected chi connectivity index (χ0v) is 10.8. The van der Waals surface area contributed by atoms with Gasteiger partial charge >= 0.3 is 0 Å². The molecule has 4 heteroatoms. The predicted octanol–water partition coefficient (Wildman–Crippen LogP) is 0.816. The minimum atomic E-state index is -0.568. The van der Waals surface area contributed by atoms with Crippen molar-refractivity contribution in [3.63, 3.8) is 0 Å². The van der Waals surface area contributed by atoms with Crippen LogP contribution in [0.2, 0.25) is 0 Å². The van der Waals surface area contributed by atoms with Gasteiger partial charge in [0.2, 0.25) is 0 Å². The van der Waals surface area contributed by atoms with Crippen molar-refractivity contribution in [1.29, 1.82) is 0 Å². The van der Waals surface area contributed by atoms with Gasteiger partial charge in [-0.15, -0.1) is 0 Å². The third-order valence-electron chi connectivity index (χ3n) is 3.22. The highest BCUT2D eigenvalue weighted by Gasteiger charge is 2.26. The van der Waals surface area contributed by atoms with Crippen molar-refractivity contribution in [2.45, 2.75) is 26.7 Å². The lowest BCUT2D eigenvalue weighted by atomic mass is 9.85. The van der Waals surface area contributed by atoms with Crippen molar-refractivity contribution >= 4 is 10.8 Å². The summed E-state index contributed by atoms with van der Waals surface area (Å²) in [6.45, 7) is 8.24. The van der Waals surface area contributed by atoms with E-state index in [1.807, 2.05) is 0 Å². The number of nitrogens with two attached hydrogens (primary N) is 1. The van der Waals surface area contributed by atoms with Gasteiger partial charge in [0.1, 0.15) is 0 Å². The normalized spacial score (nSPS) is 23.9. The lowest BCUT2D eigenvalue weighted by Crippen LogP contribution is -2.46. The molecule has 0 radical (unpaired) electrons. The minimum Gasteiger partial charge on any atom is -0.330 e. The van der Waals surface area contributed by atoms with E-state index in [-0.39, 0.29) is 5.41 Å². The van der Waals surface area contributed by atoms with Crippen LogP contribution < -0.4 is 5.73 Å². The van der Waals surface area contributed by atoms with Crippen LogP contribution in [0.15, 0.2) is 0 Å². The lowest BCUT2D eigenvalue weighted by molar-refractivity contribution is 0.169. The molecular weight excluding hydrogens is 208 g/mol. The van der Waals surface area contributed by atoms with Gasteiger partial charge in [-0.3, -0.25) is 4.21 Å². The first kappa shape index (κ1) is 13.1. The maximum absolute atomic E-state index is 11.2. The standard InChI is InChI=1S/C11H24N2OS/c1-3-4-11(2,9-12)10-13-5-7-15(14)8-6-13/h3-10,12H2,1-2H3. The van der Waals surface area contributed by atoms with Crippen molar-refractivity contribution < 1.29 is 4.21 Å². The zero-order valence-electron chi connectivity index (χ0n) is 10.00. The van der Waals surface area contributed by atoms with Crippen LogP contribution in [0.25, 0.3) is 0 Å². The lowest BCUT2D eigenvalue weighted by Gasteiger charge is -2.36. The average Bonchev–Trinajstić information content (AvgIpc) is 2.22. The molecule has 0 aromatic rings. The van der Waals surface area contributed by atoms with Gasteiger partial charge < -0.3 is 10.6 Å². The molecule has 0 aromatic heterocycles. The summed E-state index contributed by atoms with van der Waals surface area (Å²) in [6, 6.07) is 0. The van der Waals surface area contributed by atoms with Crippen molar-refractivity contribution in [2.75, 3.05) is 37.7 Å². The number of rotatable bonds is 5. The monoisotopic (exact) mass is 232 g/mol. The topological polar surface area (TPSA) is 46.3 Å². The third kappa shape index (κ3) is 4.21. The average molecular weight is 232 g/mol. The van der Waals surface area contributed by atoms with Gasteiger partial charge in [0.05, 0.1) is 0 Å². The van der Waals surface area contributed by atoms with E-state index >= 15 is 0 Å². The first-order chi connectivity index (χ1) is 7.09. The van der Waals surface area contributed by atoms with E-state index in [1.54, 1.807) is 0 Å². The Bertz CT molecular complexity index is 213. The van der Waals surface area contributed by atoms with E-state index in [2.05, 4.69) is 18.7 Å². The number of hydrogen-bond donors (Lipinski definition) is 1. The Morgan fingerprint density at radius 2 is 2.00 bits per heavy atom. The van der Waals surface area contributed by atoms with Crippen molar-refractivity contribution in [3.8, 4) is 0 Å². The van der Waals surface area contributed by atoms with E-state index in [0.29, 0.717) is 0 Å². The fraction of sp³-hybridized carbons (Fsp3) is 1.00. The second kappa shape index (κ2) is 5.97. The highest BCUT2D eigenvalue weighted by molar-refractivity contribution is 7.85. The minimum absolute atomic E-state index is 0.244. The second-order valence-electron chi connectivity index (χ2n) is 4.89. The third-order valence-corrected chi connectivity index (χ3v) is 4.50. The van der Waals surface area contributed by atoms with Crippen LogP contribution in [0.4, 0.5) is 0 Å². The molecule has 0 aliphatic carbocycles. The molecule has 1 aliphatic rings.